The van der Waals surface area contributed by atoms with Gasteiger partial charge in [0.2, 0.25) is 0 Å². The molecule has 4 nitrogen and oxygen atoms in total. The van der Waals surface area contributed by atoms with Gasteiger partial charge in [-0.15, -0.1) is 0 Å². The van der Waals surface area contributed by atoms with E-state index in [0.29, 0.717) is 0 Å². The number of hydrogen-bond acceptors (Lipinski definition) is 3. The molecule has 0 saturated carbocycles. The van der Waals surface area contributed by atoms with Crippen LogP contribution < -0.4 is 10.3 Å². The molecule has 2 aromatic rings. The lowest BCUT2D eigenvalue weighted by atomic mass is 10.1. The van der Waals surface area contributed by atoms with Crippen LogP contribution in [0.2, 0.25) is 0 Å². The maximum atomic E-state index is 11.3. The first-order chi connectivity index (χ1) is 8.24. The lowest BCUT2D eigenvalue weighted by Gasteiger charge is -2.04. The van der Waals surface area contributed by atoms with E-state index in [1.54, 1.807) is 19.4 Å². The van der Waals surface area contributed by atoms with Gasteiger partial charge >= 0.3 is 0 Å². The number of methoxy groups -OCH3 is 1. The largest absolute Gasteiger partial charge is 0.497 e. The minimum Gasteiger partial charge on any atom is -0.497 e. The SMILES string of the molecule is COc1cccc(-c2c[nH]c(=O)c(C#N)c2)c1. The van der Waals surface area contributed by atoms with Crippen molar-refractivity contribution in [3.8, 4) is 22.9 Å². The van der Waals surface area contributed by atoms with Crippen molar-refractivity contribution >= 4 is 0 Å². The number of benzene rings is 1. The lowest BCUT2D eigenvalue weighted by molar-refractivity contribution is 0.415. The molecule has 84 valence electrons. The predicted molar refractivity (Wildman–Crippen MR) is 63.8 cm³/mol. The quantitative estimate of drug-likeness (QED) is 0.850. The van der Waals surface area contributed by atoms with E-state index in [0.717, 1.165) is 16.9 Å². The summed E-state index contributed by atoms with van der Waals surface area (Å²) in [6.45, 7) is 0. The number of nitrogens with one attached hydrogen (secondary N) is 1. The van der Waals surface area contributed by atoms with Crippen LogP contribution in [0.25, 0.3) is 11.1 Å². The molecule has 0 amide bonds. The van der Waals surface area contributed by atoms with Gasteiger partial charge in [-0.3, -0.25) is 4.79 Å². The van der Waals surface area contributed by atoms with E-state index >= 15 is 0 Å². The van der Waals surface area contributed by atoms with Gasteiger partial charge in [0.25, 0.3) is 5.56 Å². The fourth-order valence-corrected chi connectivity index (χ4v) is 1.54. The summed E-state index contributed by atoms with van der Waals surface area (Å²) in [4.78, 5) is 13.8. The summed E-state index contributed by atoms with van der Waals surface area (Å²) < 4.78 is 5.12. The number of rotatable bonds is 2. The van der Waals surface area contributed by atoms with Gasteiger partial charge in [0.15, 0.2) is 0 Å². The Morgan fingerprint density at radius 3 is 2.82 bits per heavy atom. The topological polar surface area (TPSA) is 65.9 Å². The second-order valence-electron chi connectivity index (χ2n) is 3.47. The van der Waals surface area contributed by atoms with E-state index in [2.05, 4.69) is 4.98 Å². The number of nitrogens with zero attached hydrogens (tertiary/aromatic N) is 1. The predicted octanol–water partition coefficient (Wildman–Crippen LogP) is 1.92. The molecular weight excluding hydrogens is 216 g/mol. The molecule has 4 heteroatoms. The van der Waals surface area contributed by atoms with Crippen LogP contribution in [0.4, 0.5) is 0 Å². The van der Waals surface area contributed by atoms with E-state index in [-0.39, 0.29) is 11.1 Å². The van der Waals surface area contributed by atoms with Crippen molar-refractivity contribution in [3.63, 3.8) is 0 Å². The molecule has 0 aliphatic rings. The Labute approximate surface area is 98.1 Å². The molecule has 17 heavy (non-hydrogen) atoms. The van der Waals surface area contributed by atoms with Crippen molar-refractivity contribution in [1.82, 2.24) is 4.98 Å². The van der Waals surface area contributed by atoms with Gasteiger partial charge in [0, 0.05) is 6.20 Å². The van der Waals surface area contributed by atoms with Crippen LogP contribution >= 0.6 is 0 Å². The molecule has 0 aliphatic carbocycles. The second kappa shape index (κ2) is 4.54. The van der Waals surface area contributed by atoms with Gasteiger partial charge in [0.05, 0.1) is 7.11 Å². The Bertz CT molecular complexity index is 638. The average Bonchev–Trinajstić information content (AvgIpc) is 2.39. The van der Waals surface area contributed by atoms with Crippen molar-refractivity contribution in [3.05, 3.63) is 52.4 Å². The first-order valence-corrected chi connectivity index (χ1v) is 5.02. The Hall–Kier alpha value is -2.54. The first-order valence-electron chi connectivity index (χ1n) is 5.02. The van der Waals surface area contributed by atoms with Crippen molar-refractivity contribution in [1.29, 1.82) is 5.26 Å². The van der Waals surface area contributed by atoms with E-state index < -0.39 is 0 Å². The zero-order chi connectivity index (χ0) is 12.3. The molecule has 1 N–H and O–H groups in total. The molecule has 2 rings (SSSR count). The second-order valence-corrected chi connectivity index (χ2v) is 3.47. The van der Waals surface area contributed by atoms with Gasteiger partial charge in [-0.05, 0) is 29.3 Å². The molecule has 0 radical (unpaired) electrons. The van der Waals surface area contributed by atoms with Crippen molar-refractivity contribution in [2.24, 2.45) is 0 Å². The zero-order valence-corrected chi connectivity index (χ0v) is 9.23. The van der Waals surface area contributed by atoms with Crippen LogP contribution in [0.5, 0.6) is 5.75 Å². The molecule has 1 heterocycles. The van der Waals surface area contributed by atoms with E-state index in [1.807, 2.05) is 30.3 Å². The maximum absolute atomic E-state index is 11.3. The Balaban J connectivity index is 2.53. The normalized spacial score (nSPS) is 9.65. The third kappa shape index (κ3) is 2.18. The van der Waals surface area contributed by atoms with Crippen LogP contribution in [0, 0.1) is 11.3 Å². The highest BCUT2D eigenvalue weighted by atomic mass is 16.5. The fraction of sp³-hybridized carbons (Fsp3) is 0.0769. The molecule has 0 fully saturated rings. The number of ether oxygens (including phenoxy) is 1. The zero-order valence-electron chi connectivity index (χ0n) is 9.23. The third-order valence-electron chi connectivity index (χ3n) is 2.43. The van der Waals surface area contributed by atoms with Crippen LogP contribution in [-0.2, 0) is 0 Å². The number of H-pyrrole nitrogens is 1. The first kappa shape index (κ1) is 11.0. The van der Waals surface area contributed by atoms with Crippen molar-refractivity contribution < 1.29 is 4.74 Å². The number of nitriles is 1. The third-order valence-corrected chi connectivity index (χ3v) is 2.43. The molecule has 0 atom stereocenters. The van der Waals surface area contributed by atoms with Crippen LogP contribution in [0.3, 0.4) is 0 Å². The van der Waals surface area contributed by atoms with Crippen LogP contribution in [0.15, 0.2) is 41.3 Å². The highest BCUT2D eigenvalue weighted by molar-refractivity contribution is 5.65. The summed E-state index contributed by atoms with van der Waals surface area (Å²) in [6, 6.07) is 10.8. The summed E-state index contributed by atoms with van der Waals surface area (Å²) in [5.41, 5.74) is 1.39. The Kier molecular flexibility index (Phi) is 2.93. The van der Waals surface area contributed by atoms with Gasteiger partial charge in [0.1, 0.15) is 17.4 Å². The minimum atomic E-state index is -0.376. The molecule has 1 aromatic heterocycles. The Morgan fingerprint density at radius 1 is 1.29 bits per heavy atom. The summed E-state index contributed by atoms with van der Waals surface area (Å²) in [7, 11) is 1.59. The standard InChI is InChI=1S/C13H10N2O2/c1-17-12-4-2-3-9(6-12)11-5-10(7-14)13(16)15-8-11/h2-6,8H,1H3,(H,15,16). The van der Waals surface area contributed by atoms with Gasteiger partial charge < -0.3 is 9.72 Å². The van der Waals surface area contributed by atoms with E-state index in [1.165, 1.54) is 0 Å². The summed E-state index contributed by atoms with van der Waals surface area (Å²) in [5, 5.41) is 8.80. The molecule has 0 unspecified atom stereocenters. The monoisotopic (exact) mass is 226 g/mol. The van der Waals surface area contributed by atoms with Gasteiger partial charge in [-0.25, -0.2) is 0 Å². The van der Waals surface area contributed by atoms with Crippen molar-refractivity contribution in [2.75, 3.05) is 7.11 Å². The molecule has 0 aliphatic heterocycles. The number of aromatic nitrogens is 1. The number of aromatic amines is 1. The molecule has 0 bridgehead atoms. The lowest BCUT2D eigenvalue weighted by Crippen LogP contribution is -2.08. The Morgan fingerprint density at radius 2 is 2.12 bits per heavy atom. The van der Waals surface area contributed by atoms with Crippen molar-refractivity contribution in [2.45, 2.75) is 0 Å². The highest BCUT2D eigenvalue weighted by Crippen LogP contribution is 2.22. The molecular formula is C13H10N2O2. The van der Waals surface area contributed by atoms with Gasteiger partial charge in [-0.2, -0.15) is 5.26 Å². The van der Waals surface area contributed by atoms with E-state index in [9.17, 15) is 4.79 Å². The summed E-state index contributed by atoms with van der Waals surface area (Å²) in [6.07, 6.45) is 1.58. The smallest absolute Gasteiger partial charge is 0.265 e. The summed E-state index contributed by atoms with van der Waals surface area (Å²) >= 11 is 0. The maximum Gasteiger partial charge on any atom is 0.265 e. The average molecular weight is 226 g/mol. The van der Waals surface area contributed by atoms with Gasteiger partial charge in [-0.1, -0.05) is 12.1 Å². The fourth-order valence-electron chi connectivity index (χ4n) is 1.54. The minimum absolute atomic E-state index is 0.102. The summed E-state index contributed by atoms with van der Waals surface area (Å²) in [5.74, 6) is 0.729. The molecule has 0 saturated heterocycles. The van der Waals surface area contributed by atoms with Crippen LogP contribution in [0.1, 0.15) is 5.56 Å². The number of hydrogen-bond donors (Lipinski definition) is 1. The van der Waals surface area contributed by atoms with Crippen LogP contribution in [-0.4, -0.2) is 12.1 Å². The number of pyridine rings is 1. The molecule has 1 aromatic carbocycles. The van der Waals surface area contributed by atoms with E-state index in [4.69, 9.17) is 10.00 Å². The molecule has 0 spiro atoms. The highest BCUT2D eigenvalue weighted by Gasteiger charge is 2.03.